The fraction of sp³-hybridized carbons (Fsp3) is 0.533. The average molecular weight is 278 g/mol. The van der Waals surface area contributed by atoms with Crippen molar-refractivity contribution in [3.63, 3.8) is 0 Å². The van der Waals surface area contributed by atoms with Gasteiger partial charge in [-0.15, -0.1) is 0 Å². The minimum atomic E-state index is -0.539. The van der Waals surface area contributed by atoms with Crippen molar-refractivity contribution in [3.8, 4) is 11.5 Å². The van der Waals surface area contributed by atoms with Crippen LogP contribution in [-0.4, -0.2) is 25.2 Å². The van der Waals surface area contributed by atoms with Crippen LogP contribution >= 0.6 is 0 Å². The minimum absolute atomic E-state index is 0.0775. The van der Waals surface area contributed by atoms with E-state index in [1.165, 1.54) is 12.8 Å². The van der Waals surface area contributed by atoms with Gasteiger partial charge in [0, 0.05) is 12.1 Å². The van der Waals surface area contributed by atoms with Gasteiger partial charge in [0.2, 0.25) is 0 Å². The first kappa shape index (κ1) is 14.5. The molecule has 3 N–H and O–H groups in total. The van der Waals surface area contributed by atoms with E-state index in [4.69, 9.17) is 15.2 Å². The zero-order valence-corrected chi connectivity index (χ0v) is 12.0. The molecular weight excluding hydrogens is 256 g/mol. The number of nitrogen functional groups attached to an aromatic ring is 1. The molecule has 110 valence electrons. The van der Waals surface area contributed by atoms with Crippen molar-refractivity contribution in [1.29, 1.82) is 0 Å². The van der Waals surface area contributed by atoms with Gasteiger partial charge < -0.3 is 20.5 Å². The molecule has 1 unspecified atom stereocenters. The summed E-state index contributed by atoms with van der Waals surface area (Å²) in [6.45, 7) is 1.74. The van der Waals surface area contributed by atoms with Crippen molar-refractivity contribution in [2.75, 3.05) is 12.8 Å². The van der Waals surface area contributed by atoms with Crippen LogP contribution < -0.4 is 20.5 Å². The first-order valence-electron chi connectivity index (χ1n) is 7.00. The van der Waals surface area contributed by atoms with Gasteiger partial charge >= 0.3 is 0 Å². The van der Waals surface area contributed by atoms with E-state index in [-0.39, 0.29) is 5.91 Å². The van der Waals surface area contributed by atoms with E-state index in [2.05, 4.69) is 5.32 Å². The molecule has 1 aromatic carbocycles. The van der Waals surface area contributed by atoms with E-state index < -0.39 is 6.10 Å². The highest BCUT2D eigenvalue weighted by atomic mass is 16.5. The van der Waals surface area contributed by atoms with E-state index in [9.17, 15) is 4.79 Å². The van der Waals surface area contributed by atoms with Crippen molar-refractivity contribution >= 4 is 11.6 Å². The van der Waals surface area contributed by atoms with Crippen molar-refractivity contribution in [3.05, 3.63) is 18.2 Å². The maximum atomic E-state index is 12.0. The highest BCUT2D eigenvalue weighted by molar-refractivity contribution is 5.81. The standard InChI is InChI=1S/C15H22N2O3/c1-10(15(18)17-11-5-3-4-6-11)20-12-7-8-14(19-2)13(16)9-12/h7-11H,3-6,16H2,1-2H3,(H,17,18). The number of carbonyl (C=O) groups excluding carboxylic acids is 1. The highest BCUT2D eigenvalue weighted by Gasteiger charge is 2.21. The third kappa shape index (κ3) is 3.56. The van der Waals surface area contributed by atoms with Crippen LogP contribution in [0.5, 0.6) is 11.5 Å². The number of carbonyl (C=O) groups is 1. The topological polar surface area (TPSA) is 73.6 Å². The highest BCUT2D eigenvalue weighted by Crippen LogP contribution is 2.26. The third-order valence-corrected chi connectivity index (χ3v) is 3.58. The van der Waals surface area contributed by atoms with Gasteiger partial charge in [-0.25, -0.2) is 0 Å². The monoisotopic (exact) mass is 278 g/mol. The summed E-state index contributed by atoms with van der Waals surface area (Å²) in [5.41, 5.74) is 6.30. The van der Waals surface area contributed by atoms with Crippen LogP contribution in [0.2, 0.25) is 0 Å². The molecule has 0 heterocycles. The molecule has 5 nitrogen and oxygen atoms in total. The Kier molecular flexibility index (Phi) is 4.71. The number of anilines is 1. The van der Waals surface area contributed by atoms with Gasteiger partial charge in [-0.2, -0.15) is 0 Å². The lowest BCUT2D eigenvalue weighted by molar-refractivity contribution is -0.127. The summed E-state index contributed by atoms with van der Waals surface area (Å²) in [6, 6.07) is 5.44. The number of hydrogen-bond donors (Lipinski definition) is 2. The van der Waals surface area contributed by atoms with E-state index in [0.717, 1.165) is 12.8 Å². The second-order valence-electron chi connectivity index (χ2n) is 5.15. The lowest BCUT2D eigenvalue weighted by atomic mass is 10.2. The molecule has 1 aliphatic rings. The van der Waals surface area contributed by atoms with Gasteiger partial charge in [-0.1, -0.05) is 12.8 Å². The van der Waals surface area contributed by atoms with Crippen molar-refractivity contribution in [1.82, 2.24) is 5.32 Å². The number of amides is 1. The van der Waals surface area contributed by atoms with Crippen molar-refractivity contribution in [2.24, 2.45) is 0 Å². The molecule has 2 rings (SSSR count). The normalized spacial score (nSPS) is 16.7. The van der Waals surface area contributed by atoms with Crippen molar-refractivity contribution in [2.45, 2.75) is 44.8 Å². The molecule has 0 bridgehead atoms. The van der Waals surface area contributed by atoms with Crippen LogP contribution in [0, 0.1) is 0 Å². The predicted octanol–water partition coefficient (Wildman–Crippen LogP) is 2.10. The number of benzene rings is 1. The summed E-state index contributed by atoms with van der Waals surface area (Å²) in [7, 11) is 1.56. The molecule has 0 aliphatic heterocycles. The Morgan fingerprint density at radius 2 is 2.10 bits per heavy atom. The van der Waals surface area contributed by atoms with E-state index in [1.807, 2.05) is 0 Å². The lowest BCUT2D eigenvalue weighted by Crippen LogP contribution is -2.41. The predicted molar refractivity (Wildman–Crippen MR) is 77.9 cm³/mol. The first-order valence-corrected chi connectivity index (χ1v) is 7.00. The molecule has 0 aromatic heterocycles. The number of ether oxygens (including phenoxy) is 2. The molecule has 1 fully saturated rings. The summed E-state index contributed by atoms with van der Waals surface area (Å²) >= 11 is 0. The molecule has 0 radical (unpaired) electrons. The summed E-state index contributed by atoms with van der Waals surface area (Å²) in [5, 5.41) is 3.02. The first-order chi connectivity index (χ1) is 9.60. The molecular formula is C15H22N2O3. The van der Waals surface area contributed by atoms with Gasteiger partial charge in [0.1, 0.15) is 11.5 Å². The molecule has 1 aromatic rings. The van der Waals surface area contributed by atoms with Gasteiger partial charge in [-0.05, 0) is 31.9 Å². The second-order valence-corrected chi connectivity index (χ2v) is 5.15. The SMILES string of the molecule is COc1ccc(OC(C)C(=O)NC2CCCC2)cc1N. The molecule has 1 amide bonds. The Balaban J connectivity index is 1.91. The lowest BCUT2D eigenvalue weighted by Gasteiger charge is -2.18. The summed E-state index contributed by atoms with van der Waals surface area (Å²) < 4.78 is 10.7. The van der Waals surface area contributed by atoms with Gasteiger partial charge in [0.15, 0.2) is 6.10 Å². The van der Waals surface area contributed by atoms with Crippen LogP contribution in [0.15, 0.2) is 18.2 Å². The molecule has 1 saturated carbocycles. The Morgan fingerprint density at radius 3 is 2.70 bits per heavy atom. The van der Waals surface area contributed by atoms with Crippen LogP contribution in [0.3, 0.4) is 0 Å². The van der Waals surface area contributed by atoms with Crippen LogP contribution in [-0.2, 0) is 4.79 Å². The largest absolute Gasteiger partial charge is 0.495 e. The third-order valence-electron chi connectivity index (χ3n) is 3.58. The van der Waals surface area contributed by atoms with E-state index >= 15 is 0 Å². The van der Waals surface area contributed by atoms with Gasteiger partial charge in [0.05, 0.1) is 12.8 Å². The Hall–Kier alpha value is -1.91. The zero-order chi connectivity index (χ0) is 14.5. The number of rotatable bonds is 5. The quantitative estimate of drug-likeness (QED) is 0.809. The van der Waals surface area contributed by atoms with Crippen LogP contribution in [0.25, 0.3) is 0 Å². The molecule has 0 spiro atoms. The molecule has 20 heavy (non-hydrogen) atoms. The smallest absolute Gasteiger partial charge is 0.260 e. The Bertz CT molecular complexity index is 470. The molecule has 1 atom stereocenters. The fourth-order valence-corrected chi connectivity index (χ4v) is 2.43. The number of hydrogen-bond acceptors (Lipinski definition) is 4. The summed E-state index contributed by atoms with van der Waals surface area (Å²) in [6.07, 6.45) is 3.97. The maximum absolute atomic E-state index is 12.0. The second kappa shape index (κ2) is 6.50. The van der Waals surface area contributed by atoms with Crippen LogP contribution in [0.1, 0.15) is 32.6 Å². The average Bonchev–Trinajstić information content (AvgIpc) is 2.91. The zero-order valence-electron chi connectivity index (χ0n) is 12.0. The van der Waals surface area contributed by atoms with Gasteiger partial charge in [-0.3, -0.25) is 4.79 Å². The van der Waals surface area contributed by atoms with Crippen LogP contribution in [0.4, 0.5) is 5.69 Å². The minimum Gasteiger partial charge on any atom is -0.495 e. The summed E-state index contributed by atoms with van der Waals surface area (Å²) in [5.74, 6) is 1.09. The molecule has 0 saturated heterocycles. The van der Waals surface area contributed by atoms with E-state index in [0.29, 0.717) is 23.2 Å². The fourth-order valence-electron chi connectivity index (χ4n) is 2.43. The van der Waals surface area contributed by atoms with Gasteiger partial charge in [0.25, 0.3) is 5.91 Å². The van der Waals surface area contributed by atoms with E-state index in [1.54, 1.807) is 32.2 Å². The summed E-state index contributed by atoms with van der Waals surface area (Å²) in [4.78, 5) is 12.0. The number of nitrogens with one attached hydrogen (secondary N) is 1. The number of nitrogens with two attached hydrogens (primary N) is 1. The number of methoxy groups -OCH3 is 1. The molecule has 1 aliphatic carbocycles. The van der Waals surface area contributed by atoms with Crippen molar-refractivity contribution < 1.29 is 14.3 Å². The maximum Gasteiger partial charge on any atom is 0.260 e. The molecule has 5 heteroatoms. The Labute approximate surface area is 119 Å². The Morgan fingerprint density at radius 1 is 1.40 bits per heavy atom.